The van der Waals surface area contributed by atoms with Crippen LogP contribution < -0.4 is 0 Å². The number of rotatable bonds is 5. The quantitative estimate of drug-likeness (QED) is 0.620. The predicted octanol–water partition coefficient (Wildman–Crippen LogP) is 0.795. The molecule has 4 heteroatoms. The van der Waals surface area contributed by atoms with E-state index < -0.39 is 9.28 Å². The van der Waals surface area contributed by atoms with E-state index in [2.05, 4.69) is 13.5 Å². The van der Waals surface area contributed by atoms with Gasteiger partial charge in [-0.1, -0.05) is 6.92 Å². The fraction of sp³-hybridized carbons (Fsp3) is 0.750. The molecule has 12 heavy (non-hydrogen) atoms. The molecule has 0 radical (unpaired) electrons. The zero-order valence-corrected chi connectivity index (χ0v) is 12.0. The van der Waals surface area contributed by atoms with E-state index in [0.717, 1.165) is 29.5 Å². The Morgan fingerprint density at radius 2 is 1.58 bits per heavy atom. The first-order valence-corrected chi connectivity index (χ1v) is 7.48. The fourth-order valence-electron chi connectivity index (χ4n) is 0.656. The van der Waals surface area contributed by atoms with Gasteiger partial charge < -0.3 is 8.85 Å². The van der Waals surface area contributed by atoms with Gasteiger partial charge in [0.15, 0.2) is 0 Å². The molecule has 0 aliphatic rings. The van der Waals surface area contributed by atoms with Gasteiger partial charge in [-0.2, -0.15) is 0 Å². The summed E-state index contributed by atoms with van der Waals surface area (Å²) >= 11 is 0. The molecule has 0 heterocycles. The Kier molecular flexibility index (Phi) is 16.6. The Bertz CT molecular complexity index is 83.1. The van der Waals surface area contributed by atoms with Crippen LogP contribution in [-0.4, -0.2) is 32.7 Å². The molecule has 2 nitrogen and oxygen atoms in total. The molecule has 74 valence electrons. The lowest BCUT2D eigenvalue weighted by atomic mass is 10.9. The van der Waals surface area contributed by atoms with E-state index in [1.807, 2.05) is 19.5 Å². The maximum absolute atomic E-state index is 5.35. The first kappa shape index (κ1) is 14.6. The minimum Gasteiger partial charge on any atom is -0.397 e. The normalized spacial score (nSPS) is 9.33. The standard InChI is InChI=1S/C6H16O2Si.C2H6Si/c1-4-7-9(6-3)8-5-2;1-2-3/h9H,4-6H2,1-3H3;2H,1H2,3H3. The van der Waals surface area contributed by atoms with Crippen LogP contribution in [0.3, 0.4) is 0 Å². The molecular formula is C8H22O2Si2. The first-order chi connectivity index (χ1) is 5.76. The van der Waals surface area contributed by atoms with Gasteiger partial charge in [-0.05, 0) is 19.9 Å². The van der Waals surface area contributed by atoms with Crippen molar-refractivity contribution < 1.29 is 8.85 Å². The summed E-state index contributed by atoms with van der Waals surface area (Å²) in [7, 11) is -0.0802. The van der Waals surface area contributed by atoms with Crippen LogP contribution in [0.4, 0.5) is 0 Å². The second-order valence-corrected chi connectivity index (χ2v) is 5.32. The Morgan fingerprint density at radius 3 is 1.75 bits per heavy atom. The summed E-state index contributed by atoms with van der Waals surface area (Å²) in [6.45, 7) is 11.1. The molecule has 0 amide bonds. The zero-order chi connectivity index (χ0) is 9.82. The van der Waals surface area contributed by atoms with E-state index >= 15 is 0 Å². The average molecular weight is 206 g/mol. The minimum absolute atomic E-state index is 0.796. The third-order valence-electron chi connectivity index (χ3n) is 1.04. The fourth-order valence-corrected chi connectivity index (χ4v) is 1.97. The molecular weight excluding hydrogens is 184 g/mol. The van der Waals surface area contributed by atoms with Gasteiger partial charge in [0.2, 0.25) is 0 Å². The van der Waals surface area contributed by atoms with Gasteiger partial charge >= 0.3 is 9.28 Å². The monoisotopic (exact) mass is 206 g/mol. The summed E-state index contributed by atoms with van der Waals surface area (Å²) in [5.74, 6) is 0. The molecule has 0 aromatic heterocycles. The lowest BCUT2D eigenvalue weighted by Gasteiger charge is -2.11. The van der Waals surface area contributed by atoms with Crippen molar-refractivity contribution >= 4 is 19.5 Å². The van der Waals surface area contributed by atoms with Crippen LogP contribution in [-0.2, 0) is 8.85 Å². The zero-order valence-electron chi connectivity index (χ0n) is 8.80. The highest BCUT2D eigenvalue weighted by atomic mass is 28.3. The second kappa shape index (κ2) is 13.7. The van der Waals surface area contributed by atoms with Crippen LogP contribution in [0.25, 0.3) is 0 Å². The highest BCUT2D eigenvalue weighted by Gasteiger charge is 2.06. The molecule has 0 aliphatic carbocycles. The summed E-state index contributed by atoms with van der Waals surface area (Å²) in [5, 5.41) is 0. The summed E-state index contributed by atoms with van der Waals surface area (Å²) in [5.41, 5.74) is 1.89. The summed E-state index contributed by atoms with van der Waals surface area (Å²) in [4.78, 5) is 0. The van der Waals surface area contributed by atoms with E-state index in [-0.39, 0.29) is 0 Å². The van der Waals surface area contributed by atoms with Gasteiger partial charge in [-0.25, -0.2) is 0 Å². The summed E-state index contributed by atoms with van der Waals surface area (Å²) < 4.78 is 10.7. The van der Waals surface area contributed by atoms with E-state index in [0.29, 0.717) is 0 Å². The Balaban J connectivity index is 0. The van der Waals surface area contributed by atoms with E-state index in [4.69, 9.17) is 8.85 Å². The van der Waals surface area contributed by atoms with Crippen LogP contribution in [0.1, 0.15) is 20.8 Å². The molecule has 0 fully saturated rings. The molecule has 0 N–H and O–H groups in total. The molecule has 0 unspecified atom stereocenters. The van der Waals surface area contributed by atoms with Gasteiger partial charge in [0.05, 0.1) is 0 Å². The molecule has 0 saturated carbocycles. The third-order valence-corrected chi connectivity index (χ3v) is 3.12. The molecule has 0 aromatic rings. The van der Waals surface area contributed by atoms with Crippen molar-refractivity contribution in [1.29, 1.82) is 0 Å². The predicted molar refractivity (Wildman–Crippen MR) is 61.0 cm³/mol. The smallest absolute Gasteiger partial charge is 0.321 e. The SMILES string of the molecule is C=C[SiH3].CCO[SiH](CC)OCC. The van der Waals surface area contributed by atoms with Crippen LogP contribution >= 0.6 is 0 Å². The maximum atomic E-state index is 5.35. The summed E-state index contributed by atoms with van der Waals surface area (Å²) in [6, 6.07) is 1.07. The van der Waals surface area contributed by atoms with Crippen molar-refractivity contribution in [1.82, 2.24) is 0 Å². The maximum Gasteiger partial charge on any atom is 0.321 e. The van der Waals surface area contributed by atoms with Crippen molar-refractivity contribution in [3.8, 4) is 0 Å². The van der Waals surface area contributed by atoms with Gasteiger partial charge in [-0.15, -0.1) is 12.3 Å². The molecule has 0 rings (SSSR count). The van der Waals surface area contributed by atoms with E-state index in [9.17, 15) is 0 Å². The average Bonchev–Trinajstić information content (AvgIpc) is 2.05. The van der Waals surface area contributed by atoms with Gasteiger partial charge in [0.25, 0.3) is 0 Å². The van der Waals surface area contributed by atoms with Crippen LogP contribution in [0.2, 0.25) is 6.04 Å². The van der Waals surface area contributed by atoms with Gasteiger partial charge in [0.1, 0.15) is 0 Å². The highest BCUT2D eigenvalue weighted by Crippen LogP contribution is 1.94. The van der Waals surface area contributed by atoms with Crippen molar-refractivity contribution in [2.45, 2.75) is 26.8 Å². The number of hydrogen-bond acceptors (Lipinski definition) is 2. The molecule has 0 spiro atoms. The second-order valence-electron chi connectivity index (χ2n) is 2.16. The van der Waals surface area contributed by atoms with Gasteiger partial charge in [0, 0.05) is 23.5 Å². The molecule has 0 atom stereocenters. The summed E-state index contributed by atoms with van der Waals surface area (Å²) in [6.07, 6.45) is 0. The van der Waals surface area contributed by atoms with Crippen molar-refractivity contribution in [2.24, 2.45) is 0 Å². The Hall–Kier alpha value is 0.0938. The van der Waals surface area contributed by atoms with Crippen molar-refractivity contribution in [3.05, 3.63) is 12.3 Å². The molecule has 0 aliphatic heterocycles. The molecule has 0 saturated heterocycles. The van der Waals surface area contributed by atoms with Gasteiger partial charge in [-0.3, -0.25) is 0 Å². The highest BCUT2D eigenvalue weighted by molar-refractivity contribution is 6.44. The lowest BCUT2D eigenvalue weighted by Crippen LogP contribution is -2.21. The lowest BCUT2D eigenvalue weighted by molar-refractivity contribution is 0.214. The Morgan fingerprint density at radius 1 is 1.25 bits per heavy atom. The third kappa shape index (κ3) is 12.7. The Labute approximate surface area is 81.2 Å². The minimum atomic E-state index is -1.21. The van der Waals surface area contributed by atoms with Crippen LogP contribution in [0.15, 0.2) is 12.3 Å². The molecule has 0 aromatic carbocycles. The topological polar surface area (TPSA) is 18.5 Å². The van der Waals surface area contributed by atoms with Crippen molar-refractivity contribution in [3.63, 3.8) is 0 Å². The van der Waals surface area contributed by atoms with E-state index in [1.54, 1.807) is 0 Å². The number of hydrogen-bond donors (Lipinski definition) is 0. The van der Waals surface area contributed by atoms with E-state index in [1.165, 1.54) is 0 Å². The molecule has 0 bridgehead atoms. The first-order valence-electron chi connectivity index (χ1n) is 4.56. The van der Waals surface area contributed by atoms with Crippen LogP contribution in [0, 0.1) is 0 Å². The van der Waals surface area contributed by atoms with Crippen molar-refractivity contribution in [2.75, 3.05) is 13.2 Å². The largest absolute Gasteiger partial charge is 0.397 e. The van der Waals surface area contributed by atoms with Crippen LogP contribution in [0.5, 0.6) is 0 Å².